The normalized spacial score (nSPS) is 13.1. The summed E-state index contributed by atoms with van der Waals surface area (Å²) in [4.78, 5) is 10.9. The van der Waals surface area contributed by atoms with Gasteiger partial charge in [0.1, 0.15) is 11.8 Å². The molecule has 0 radical (unpaired) electrons. The monoisotopic (exact) mass is 303 g/mol. The molecule has 0 aromatic heterocycles. The topological polar surface area (TPSA) is 72.5 Å². The molecule has 0 heterocycles. The minimum atomic E-state index is -0.992. The molecule has 0 unspecified atom stereocenters. The molecule has 1 aromatic carbocycles. The number of benzene rings is 1. The average molecular weight is 304 g/mol. The summed E-state index contributed by atoms with van der Waals surface area (Å²) in [7, 11) is 0. The van der Waals surface area contributed by atoms with Gasteiger partial charge in [-0.3, -0.25) is 4.79 Å². The fourth-order valence-electron chi connectivity index (χ4n) is 1.41. The number of hydrogen-bond donors (Lipinski definition) is 2. The summed E-state index contributed by atoms with van der Waals surface area (Å²) >= 11 is 7.31. The zero-order chi connectivity index (χ0) is 14.5. The van der Waals surface area contributed by atoms with Gasteiger partial charge in [0.05, 0.1) is 6.61 Å². The molecule has 0 amide bonds. The van der Waals surface area contributed by atoms with Gasteiger partial charge in [-0.1, -0.05) is 17.7 Å². The van der Waals surface area contributed by atoms with Gasteiger partial charge in [0, 0.05) is 15.5 Å². The van der Waals surface area contributed by atoms with Crippen LogP contribution < -0.4 is 10.5 Å². The summed E-state index contributed by atoms with van der Waals surface area (Å²) in [6, 6.07) is 6.25. The number of ether oxygens (including phenoxy) is 1. The fourth-order valence-corrected chi connectivity index (χ4v) is 2.56. The standard InChI is InChI=1S/C13H18ClNO3S/c1-13(2,11(15)12(16)17)19-7-6-18-10-5-3-4-9(14)8-10/h3-5,8,11H,6-7,15H2,1-2H3,(H,16,17)/t11-/m1/s1. The van der Waals surface area contributed by atoms with E-state index in [9.17, 15) is 4.79 Å². The van der Waals surface area contributed by atoms with Crippen LogP contribution in [0.1, 0.15) is 13.8 Å². The number of halogens is 1. The third-order valence-electron chi connectivity index (χ3n) is 2.64. The van der Waals surface area contributed by atoms with Crippen molar-refractivity contribution in [1.29, 1.82) is 0 Å². The Morgan fingerprint density at radius 3 is 2.84 bits per heavy atom. The Balaban J connectivity index is 2.36. The van der Waals surface area contributed by atoms with Gasteiger partial charge in [-0.2, -0.15) is 0 Å². The number of thioether (sulfide) groups is 1. The zero-order valence-electron chi connectivity index (χ0n) is 10.9. The predicted octanol–water partition coefficient (Wildman–Crippen LogP) is 2.64. The first kappa shape index (κ1) is 16.1. The highest BCUT2D eigenvalue weighted by Crippen LogP contribution is 2.27. The molecule has 6 heteroatoms. The average Bonchev–Trinajstić information content (AvgIpc) is 2.33. The highest BCUT2D eigenvalue weighted by atomic mass is 35.5. The van der Waals surface area contributed by atoms with Gasteiger partial charge < -0.3 is 15.6 Å². The summed E-state index contributed by atoms with van der Waals surface area (Å²) < 4.78 is 4.99. The number of nitrogens with two attached hydrogens (primary N) is 1. The maximum absolute atomic E-state index is 10.9. The molecule has 1 rings (SSSR count). The Kier molecular flexibility index (Phi) is 5.97. The summed E-state index contributed by atoms with van der Waals surface area (Å²) in [6.45, 7) is 4.10. The minimum absolute atomic E-state index is 0.473. The van der Waals surface area contributed by atoms with E-state index < -0.39 is 16.8 Å². The van der Waals surface area contributed by atoms with Crippen LogP contribution in [0.3, 0.4) is 0 Å². The van der Waals surface area contributed by atoms with Crippen molar-refractivity contribution in [1.82, 2.24) is 0 Å². The molecule has 3 N–H and O–H groups in total. The minimum Gasteiger partial charge on any atom is -0.493 e. The van der Waals surface area contributed by atoms with Crippen molar-refractivity contribution < 1.29 is 14.6 Å². The molecule has 0 spiro atoms. The molecule has 0 saturated carbocycles. The molecule has 0 saturated heterocycles. The number of hydrogen-bond acceptors (Lipinski definition) is 4. The lowest BCUT2D eigenvalue weighted by Crippen LogP contribution is -2.47. The van der Waals surface area contributed by atoms with Crippen molar-refractivity contribution in [3.8, 4) is 5.75 Å². The van der Waals surface area contributed by atoms with Gasteiger partial charge in [-0.25, -0.2) is 0 Å². The molecule has 19 heavy (non-hydrogen) atoms. The van der Waals surface area contributed by atoms with Crippen LogP contribution in [0.2, 0.25) is 5.02 Å². The Morgan fingerprint density at radius 2 is 2.26 bits per heavy atom. The first-order valence-corrected chi connectivity index (χ1v) is 7.20. The smallest absolute Gasteiger partial charge is 0.321 e. The van der Waals surface area contributed by atoms with E-state index in [0.717, 1.165) is 0 Å². The van der Waals surface area contributed by atoms with Crippen LogP contribution in [0.15, 0.2) is 24.3 Å². The van der Waals surface area contributed by atoms with Gasteiger partial charge in [0.15, 0.2) is 0 Å². The van der Waals surface area contributed by atoms with Crippen LogP contribution in [-0.4, -0.2) is 34.2 Å². The van der Waals surface area contributed by atoms with E-state index in [0.29, 0.717) is 23.1 Å². The summed E-state index contributed by atoms with van der Waals surface area (Å²) in [5, 5.41) is 9.52. The molecule has 0 aliphatic rings. The third kappa shape index (κ3) is 5.30. The van der Waals surface area contributed by atoms with Crippen LogP contribution in [0.25, 0.3) is 0 Å². The van der Waals surface area contributed by atoms with Crippen molar-refractivity contribution in [2.45, 2.75) is 24.6 Å². The molecule has 1 aromatic rings. The van der Waals surface area contributed by atoms with E-state index in [1.54, 1.807) is 12.1 Å². The highest BCUT2D eigenvalue weighted by Gasteiger charge is 2.32. The van der Waals surface area contributed by atoms with E-state index in [4.69, 9.17) is 27.2 Å². The molecule has 0 aliphatic carbocycles. The highest BCUT2D eigenvalue weighted by molar-refractivity contribution is 8.00. The lowest BCUT2D eigenvalue weighted by Gasteiger charge is -2.27. The van der Waals surface area contributed by atoms with Gasteiger partial charge in [0.25, 0.3) is 0 Å². The fraction of sp³-hybridized carbons (Fsp3) is 0.462. The molecule has 0 fully saturated rings. The number of carboxylic acid groups (broad SMARTS) is 1. The Bertz CT molecular complexity index is 440. The molecular formula is C13H18ClNO3S. The SMILES string of the molecule is CC(C)(SCCOc1cccc(Cl)c1)[C@H](N)C(=O)O. The molecule has 0 aliphatic heterocycles. The predicted molar refractivity (Wildman–Crippen MR) is 79.1 cm³/mol. The van der Waals surface area contributed by atoms with Crippen LogP contribution in [-0.2, 0) is 4.79 Å². The van der Waals surface area contributed by atoms with Crippen LogP contribution in [0.4, 0.5) is 0 Å². The first-order valence-electron chi connectivity index (χ1n) is 5.83. The van der Waals surface area contributed by atoms with Crippen molar-refractivity contribution in [3.05, 3.63) is 29.3 Å². The molecule has 106 valence electrons. The summed E-state index contributed by atoms with van der Waals surface area (Å²) in [5.41, 5.74) is 5.63. The van der Waals surface area contributed by atoms with Crippen molar-refractivity contribution in [2.24, 2.45) is 5.73 Å². The summed E-state index contributed by atoms with van der Waals surface area (Å²) in [5.74, 6) is 0.363. The number of carbonyl (C=O) groups is 1. The second kappa shape index (κ2) is 7.03. The Morgan fingerprint density at radius 1 is 1.58 bits per heavy atom. The van der Waals surface area contributed by atoms with Crippen molar-refractivity contribution >= 4 is 29.3 Å². The van der Waals surface area contributed by atoms with Crippen LogP contribution in [0.5, 0.6) is 5.75 Å². The first-order chi connectivity index (χ1) is 8.83. The van der Waals surface area contributed by atoms with E-state index in [1.165, 1.54) is 11.8 Å². The number of carboxylic acids is 1. The Hall–Kier alpha value is -0.910. The van der Waals surface area contributed by atoms with E-state index in [2.05, 4.69) is 0 Å². The third-order valence-corrected chi connectivity index (χ3v) is 4.24. The lowest BCUT2D eigenvalue weighted by molar-refractivity contribution is -0.139. The van der Waals surface area contributed by atoms with Gasteiger partial charge >= 0.3 is 5.97 Å². The van der Waals surface area contributed by atoms with Crippen molar-refractivity contribution in [3.63, 3.8) is 0 Å². The van der Waals surface area contributed by atoms with E-state index in [-0.39, 0.29) is 0 Å². The number of aliphatic carboxylic acids is 1. The lowest BCUT2D eigenvalue weighted by atomic mass is 10.1. The van der Waals surface area contributed by atoms with Crippen LogP contribution >= 0.6 is 23.4 Å². The van der Waals surface area contributed by atoms with E-state index >= 15 is 0 Å². The van der Waals surface area contributed by atoms with Crippen LogP contribution in [0, 0.1) is 0 Å². The van der Waals surface area contributed by atoms with Gasteiger partial charge in [-0.05, 0) is 32.0 Å². The molecule has 1 atom stereocenters. The second-order valence-corrected chi connectivity index (χ2v) is 6.76. The maximum Gasteiger partial charge on any atom is 0.321 e. The number of rotatable bonds is 7. The van der Waals surface area contributed by atoms with E-state index in [1.807, 2.05) is 26.0 Å². The summed E-state index contributed by atoms with van der Waals surface area (Å²) in [6.07, 6.45) is 0. The Labute approximate surface area is 122 Å². The molecule has 4 nitrogen and oxygen atoms in total. The van der Waals surface area contributed by atoms with Gasteiger partial charge in [0.2, 0.25) is 0 Å². The zero-order valence-corrected chi connectivity index (χ0v) is 12.5. The second-order valence-electron chi connectivity index (χ2n) is 4.57. The largest absolute Gasteiger partial charge is 0.493 e. The molecule has 0 bridgehead atoms. The van der Waals surface area contributed by atoms with Gasteiger partial charge in [-0.15, -0.1) is 11.8 Å². The van der Waals surface area contributed by atoms with Crippen molar-refractivity contribution in [2.75, 3.05) is 12.4 Å². The molecular weight excluding hydrogens is 286 g/mol. The maximum atomic E-state index is 10.9. The quantitative estimate of drug-likeness (QED) is 0.758.